The van der Waals surface area contributed by atoms with Gasteiger partial charge < -0.3 is 4.90 Å². The van der Waals surface area contributed by atoms with Gasteiger partial charge in [0.2, 0.25) is 17.7 Å². The molecule has 4 rings (SSSR count). The molecule has 0 spiro atoms. The van der Waals surface area contributed by atoms with Gasteiger partial charge in [-0.25, -0.2) is 0 Å². The van der Waals surface area contributed by atoms with Crippen LogP contribution in [0.15, 0.2) is 60.0 Å². The predicted molar refractivity (Wildman–Crippen MR) is 112 cm³/mol. The summed E-state index contributed by atoms with van der Waals surface area (Å²) in [5, 5.41) is 1.99. The molecule has 2 heterocycles. The van der Waals surface area contributed by atoms with Crippen LogP contribution in [-0.4, -0.2) is 40.6 Å². The van der Waals surface area contributed by atoms with E-state index in [1.165, 1.54) is 4.90 Å². The van der Waals surface area contributed by atoms with Crippen LogP contribution in [0, 0.1) is 11.8 Å². The van der Waals surface area contributed by atoms with Gasteiger partial charge in [0.1, 0.15) is 6.54 Å². The Morgan fingerprint density at radius 2 is 1.69 bits per heavy atom. The normalized spacial score (nSPS) is 20.8. The Labute approximate surface area is 174 Å². The van der Waals surface area contributed by atoms with Crippen LogP contribution in [0.25, 0.3) is 0 Å². The molecule has 29 heavy (non-hydrogen) atoms. The molecule has 2 aliphatic rings. The van der Waals surface area contributed by atoms with Crippen LogP contribution in [0.4, 0.5) is 0 Å². The second-order valence-electron chi connectivity index (χ2n) is 7.55. The summed E-state index contributed by atoms with van der Waals surface area (Å²) in [6, 6.07) is 14.0. The molecule has 1 aromatic heterocycles. The monoisotopic (exact) mass is 408 g/mol. The summed E-state index contributed by atoms with van der Waals surface area (Å²) in [6.45, 7) is 0.879. The SMILES string of the molecule is O=C(CN1C(=O)[C@H]2CC=CC[C@@H]2C1=O)N(CCc1ccccc1)Cc1cccs1. The maximum atomic E-state index is 13.1. The molecule has 150 valence electrons. The van der Waals surface area contributed by atoms with Crippen molar-refractivity contribution >= 4 is 29.1 Å². The third-order valence-corrected chi connectivity index (χ3v) is 6.55. The fraction of sp³-hybridized carbons (Fsp3) is 0.348. The van der Waals surface area contributed by atoms with Crippen molar-refractivity contribution in [3.05, 3.63) is 70.4 Å². The number of likely N-dealkylation sites (tertiary alicyclic amines) is 1. The third kappa shape index (κ3) is 4.32. The van der Waals surface area contributed by atoms with Gasteiger partial charge in [0.05, 0.1) is 18.4 Å². The van der Waals surface area contributed by atoms with Crippen LogP contribution in [0.5, 0.6) is 0 Å². The summed E-state index contributed by atoms with van der Waals surface area (Å²) >= 11 is 1.60. The molecule has 1 saturated heterocycles. The molecule has 0 saturated carbocycles. The smallest absolute Gasteiger partial charge is 0.243 e. The summed E-state index contributed by atoms with van der Waals surface area (Å²) in [6.07, 6.45) is 5.83. The van der Waals surface area contributed by atoms with Gasteiger partial charge in [0.25, 0.3) is 0 Å². The zero-order valence-electron chi connectivity index (χ0n) is 16.2. The van der Waals surface area contributed by atoms with E-state index in [1.807, 2.05) is 60.0 Å². The van der Waals surface area contributed by atoms with Crippen LogP contribution in [0.1, 0.15) is 23.3 Å². The second-order valence-corrected chi connectivity index (χ2v) is 8.58. The largest absolute Gasteiger partial charge is 0.336 e. The minimum Gasteiger partial charge on any atom is -0.336 e. The van der Waals surface area contributed by atoms with E-state index in [1.54, 1.807) is 16.2 Å². The Morgan fingerprint density at radius 1 is 1.00 bits per heavy atom. The molecule has 2 aromatic rings. The van der Waals surface area contributed by atoms with Gasteiger partial charge in [-0.1, -0.05) is 48.6 Å². The van der Waals surface area contributed by atoms with Crippen LogP contribution in [0.3, 0.4) is 0 Å². The minimum atomic E-state index is -0.296. The van der Waals surface area contributed by atoms with E-state index >= 15 is 0 Å². The highest BCUT2D eigenvalue weighted by Crippen LogP contribution is 2.35. The highest BCUT2D eigenvalue weighted by atomic mass is 32.1. The number of hydrogen-bond donors (Lipinski definition) is 0. The van der Waals surface area contributed by atoms with Crippen molar-refractivity contribution in [2.75, 3.05) is 13.1 Å². The first-order valence-electron chi connectivity index (χ1n) is 9.98. The number of carbonyl (C=O) groups excluding carboxylic acids is 3. The quantitative estimate of drug-likeness (QED) is 0.522. The van der Waals surface area contributed by atoms with Crippen LogP contribution < -0.4 is 0 Å². The lowest BCUT2D eigenvalue weighted by Gasteiger charge is -2.25. The molecular weight excluding hydrogens is 384 g/mol. The minimum absolute atomic E-state index is 0.162. The Morgan fingerprint density at radius 3 is 2.31 bits per heavy atom. The number of imide groups is 1. The van der Waals surface area contributed by atoms with Crippen molar-refractivity contribution in [2.24, 2.45) is 11.8 Å². The van der Waals surface area contributed by atoms with E-state index in [0.29, 0.717) is 25.9 Å². The molecule has 0 bridgehead atoms. The molecule has 0 radical (unpaired) electrons. The van der Waals surface area contributed by atoms with E-state index < -0.39 is 0 Å². The molecule has 1 fully saturated rings. The lowest BCUT2D eigenvalue weighted by molar-refractivity contribution is -0.146. The fourth-order valence-electron chi connectivity index (χ4n) is 4.05. The summed E-state index contributed by atoms with van der Waals surface area (Å²) in [5.41, 5.74) is 1.15. The fourth-order valence-corrected chi connectivity index (χ4v) is 4.77. The summed E-state index contributed by atoms with van der Waals surface area (Å²) in [4.78, 5) is 42.6. The first-order valence-corrected chi connectivity index (χ1v) is 10.9. The number of amides is 3. The number of rotatable bonds is 7. The van der Waals surface area contributed by atoms with E-state index in [4.69, 9.17) is 0 Å². The van der Waals surface area contributed by atoms with E-state index in [9.17, 15) is 14.4 Å². The van der Waals surface area contributed by atoms with Crippen LogP contribution in [-0.2, 0) is 27.3 Å². The predicted octanol–water partition coefficient (Wildman–Crippen LogP) is 3.27. The number of carbonyl (C=O) groups is 3. The van der Waals surface area contributed by atoms with Crippen molar-refractivity contribution in [2.45, 2.75) is 25.8 Å². The van der Waals surface area contributed by atoms with Crippen molar-refractivity contribution in [1.82, 2.24) is 9.80 Å². The summed E-state index contributed by atoms with van der Waals surface area (Å²) in [7, 11) is 0. The zero-order chi connectivity index (χ0) is 20.2. The first-order chi connectivity index (χ1) is 14.1. The number of benzene rings is 1. The number of thiophene rings is 1. The second kappa shape index (κ2) is 8.74. The Balaban J connectivity index is 1.45. The molecule has 0 unspecified atom stereocenters. The van der Waals surface area contributed by atoms with Gasteiger partial charge in [-0.2, -0.15) is 0 Å². The van der Waals surface area contributed by atoms with Crippen LogP contribution in [0.2, 0.25) is 0 Å². The Hall–Kier alpha value is -2.73. The number of allylic oxidation sites excluding steroid dienone is 2. The summed E-state index contributed by atoms with van der Waals surface area (Å²) in [5.74, 6) is -1.16. The maximum absolute atomic E-state index is 13.1. The van der Waals surface area contributed by atoms with Crippen LogP contribution >= 0.6 is 11.3 Å². The van der Waals surface area contributed by atoms with Gasteiger partial charge in [0, 0.05) is 11.4 Å². The van der Waals surface area contributed by atoms with Gasteiger partial charge in [-0.3, -0.25) is 19.3 Å². The average molecular weight is 409 g/mol. The molecule has 1 aliphatic heterocycles. The van der Waals surface area contributed by atoms with E-state index in [2.05, 4.69) is 0 Å². The molecule has 0 N–H and O–H groups in total. The van der Waals surface area contributed by atoms with E-state index in [0.717, 1.165) is 16.9 Å². The molecule has 1 aromatic carbocycles. The Kier molecular flexibility index (Phi) is 5.90. The number of fused-ring (bicyclic) bond motifs is 1. The van der Waals surface area contributed by atoms with Crippen molar-refractivity contribution in [3.8, 4) is 0 Å². The standard InChI is InChI=1S/C23H24N2O3S/c26-21(16-25-22(27)19-10-4-5-11-20(19)23(25)28)24(15-18-9-6-14-29-18)13-12-17-7-2-1-3-8-17/h1-9,14,19-20H,10-13,15-16H2/t19-,20-/m0/s1. The topological polar surface area (TPSA) is 57.7 Å². The lowest BCUT2D eigenvalue weighted by atomic mass is 9.85. The van der Waals surface area contributed by atoms with Crippen molar-refractivity contribution < 1.29 is 14.4 Å². The highest BCUT2D eigenvalue weighted by molar-refractivity contribution is 7.09. The molecular formula is C23H24N2O3S. The molecule has 5 nitrogen and oxygen atoms in total. The van der Waals surface area contributed by atoms with Gasteiger partial charge in [-0.05, 0) is 36.3 Å². The third-order valence-electron chi connectivity index (χ3n) is 5.68. The first kappa shape index (κ1) is 19.6. The van der Waals surface area contributed by atoms with Gasteiger partial charge >= 0.3 is 0 Å². The average Bonchev–Trinajstić information content (AvgIpc) is 3.35. The zero-order valence-corrected chi connectivity index (χ0v) is 17.0. The van der Waals surface area contributed by atoms with Crippen molar-refractivity contribution in [3.63, 3.8) is 0 Å². The van der Waals surface area contributed by atoms with E-state index in [-0.39, 0.29) is 36.1 Å². The number of hydrogen-bond acceptors (Lipinski definition) is 4. The lowest BCUT2D eigenvalue weighted by Crippen LogP contribution is -2.43. The van der Waals surface area contributed by atoms with Crippen molar-refractivity contribution in [1.29, 1.82) is 0 Å². The molecule has 1 aliphatic carbocycles. The molecule has 3 amide bonds. The van der Waals surface area contributed by atoms with Gasteiger partial charge in [-0.15, -0.1) is 11.3 Å². The highest BCUT2D eigenvalue weighted by Gasteiger charge is 2.47. The molecule has 2 atom stereocenters. The van der Waals surface area contributed by atoms with Gasteiger partial charge in [0.15, 0.2) is 0 Å². The molecule has 6 heteroatoms. The maximum Gasteiger partial charge on any atom is 0.243 e. The number of nitrogens with zero attached hydrogens (tertiary/aromatic N) is 2. The summed E-state index contributed by atoms with van der Waals surface area (Å²) < 4.78 is 0. The Bertz CT molecular complexity index is 881.